The predicted octanol–water partition coefficient (Wildman–Crippen LogP) is 2.56. The fourth-order valence-electron chi connectivity index (χ4n) is 3.42. The summed E-state index contributed by atoms with van der Waals surface area (Å²) in [5.41, 5.74) is 1.76. The lowest BCUT2D eigenvalue weighted by molar-refractivity contribution is -0.138. The third-order valence-corrected chi connectivity index (χ3v) is 4.69. The van der Waals surface area contributed by atoms with Crippen LogP contribution in [0.4, 0.5) is 0 Å². The molecule has 132 valence electrons. The molecule has 6 heteroatoms. The molecule has 0 amide bonds. The molecule has 1 aliphatic heterocycles. The van der Waals surface area contributed by atoms with E-state index in [1.807, 2.05) is 29.3 Å². The van der Waals surface area contributed by atoms with Gasteiger partial charge >= 0.3 is 5.97 Å². The largest absolute Gasteiger partial charge is 0.493 e. The molecule has 1 unspecified atom stereocenters. The highest BCUT2D eigenvalue weighted by Crippen LogP contribution is 2.38. The first-order valence-electron chi connectivity index (χ1n) is 8.14. The molecule has 25 heavy (non-hydrogen) atoms. The third kappa shape index (κ3) is 3.38. The number of carbonyl (C=O) groups excluding carboxylic acids is 1. The van der Waals surface area contributed by atoms with Gasteiger partial charge in [0.1, 0.15) is 5.78 Å². The van der Waals surface area contributed by atoms with E-state index in [1.165, 1.54) is 0 Å². The average Bonchev–Trinajstić information content (AvgIpc) is 3.04. The minimum atomic E-state index is -0.894. The van der Waals surface area contributed by atoms with Gasteiger partial charge in [0.05, 0.1) is 32.6 Å². The molecule has 3 rings (SSSR count). The number of carboxylic acid groups (broad SMARTS) is 1. The average molecular weight is 343 g/mol. The number of fused-ring (bicyclic) bond motifs is 1. The first-order valence-corrected chi connectivity index (χ1v) is 8.14. The van der Waals surface area contributed by atoms with Crippen molar-refractivity contribution in [3.63, 3.8) is 0 Å². The van der Waals surface area contributed by atoms with E-state index in [1.54, 1.807) is 26.4 Å². The molecular weight excluding hydrogens is 322 g/mol. The van der Waals surface area contributed by atoms with E-state index in [2.05, 4.69) is 0 Å². The van der Waals surface area contributed by atoms with Crippen LogP contribution in [0.5, 0.6) is 11.5 Å². The van der Waals surface area contributed by atoms with Gasteiger partial charge in [-0.05, 0) is 23.3 Å². The minimum absolute atomic E-state index is 0.0656. The van der Waals surface area contributed by atoms with Gasteiger partial charge in [-0.25, -0.2) is 0 Å². The van der Waals surface area contributed by atoms with Crippen molar-refractivity contribution in [3.8, 4) is 11.5 Å². The van der Waals surface area contributed by atoms with Crippen LogP contribution in [0, 0.1) is 5.92 Å². The number of rotatable bonds is 6. The summed E-state index contributed by atoms with van der Waals surface area (Å²) in [4.78, 5) is 25.5. The number of hydrogen-bond acceptors (Lipinski definition) is 5. The van der Waals surface area contributed by atoms with Crippen molar-refractivity contribution in [3.05, 3.63) is 47.7 Å². The van der Waals surface area contributed by atoms with Gasteiger partial charge < -0.3 is 19.5 Å². The Labute approximate surface area is 146 Å². The van der Waals surface area contributed by atoms with Gasteiger partial charge in [0.15, 0.2) is 11.5 Å². The van der Waals surface area contributed by atoms with Crippen LogP contribution in [0.3, 0.4) is 0 Å². The van der Waals surface area contributed by atoms with Gasteiger partial charge in [0, 0.05) is 19.2 Å². The lowest BCUT2D eigenvalue weighted by atomic mass is 9.90. The zero-order valence-corrected chi connectivity index (χ0v) is 14.3. The summed E-state index contributed by atoms with van der Waals surface area (Å²) in [7, 11) is 3.10. The number of Topliss-reactive ketones (excluding diaryl/α,β-unsaturated/α-hetero) is 1. The number of hydrogen-bond donors (Lipinski definition) is 1. The number of allylic oxidation sites excluding steroid dienone is 2. The maximum absolute atomic E-state index is 12.1. The molecule has 0 spiro atoms. The van der Waals surface area contributed by atoms with Gasteiger partial charge in [-0.2, -0.15) is 0 Å². The van der Waals surface area contributed by atoms with Gasteiger partial charge in [-0.3, -0.25) is 9.59 Å². The van der Waals surface area contributed by atoms with Crippen molar-refractivity contribution < 1.29 is 24.2 Å². The van der Waals surface area contributed by atoms with Gasteiger partial charge in [-0.1, -0.05) is 18.2 Å². The summed E-state index contributed by atoms with van der Waals surface area (Å²) in [5.74, 6) is 0.261. The van der Waals surface area contributed by atoms with E-state index in [4.69, 9.17) is 9.47 Å². The van der Waals surface area contributed by atoms with Crippen LogP contribution in [-0.2, 0) is 9.59 Å². The van der Waals surface area contributed by atoms with Crippen molar-refractivity contribution in [2.75, 3.05) is 20.8 Å². The van der Waals surface area contributed by atoms with Crippen LogP contribution in [0.25, 0.3) is 0 Å². The van der Waals surface area contributed by atoms with Crippen LogP contribution in [0.15, 0.2) is 42.1 Å². The number of methoxy groups -OCH3 is 2. The first-order chi connectivity index (χ1) is 12.0. The highest BCUT2D eigenvalue weighted by molar-refractivity contribution is 5.88. The predicted molar refractivity (Wildman–Crippen MR) is 91.6 cm³/mol. The van der Waals surface area contributed by atoms with Crippen LogP contribution in [-0.4, -0.2) is 42.5 Å². The second kappa shape index (κ2) is 7.01. The molecule has 6 nitrogen and oxygen atoms in total. The van der Waals surface area contributed by atoms with Crippen LogP contribution in [0.1, 0.15) is 24.4 Å². The van der Waals surface area contributed by atoms with Crippen LogP contribution >= 0.6 is 0 Å². The normalized spacial score (nSPS) is 20.1. The molecule has 1 aliphatic carbocycles. The standard InChI is InChI=1S/C19H21NO5/c1-24-17-7-6-12(8-18(17)25-2)15(9-19(22)23)20-10-13-4-3-5-16(21)14(13)11-20/h3-4,6-8,10,14-15H,5,9,11H2,1-2H3,(H,22,23)/t14?,15-/m1/s1. The Bertz CT molecular complexity index is 752. The van der Waals surface area contributed by atoms with Crippen molar-refractivity contribution in [2.24, 2.45) is 5.92 Å². The van der Waals surface area contributed by atoms with Crippen molar-refractivity contribution in [1.29, 1.82) is 0 Å². The minimum Gasteiger partial charge on any atom is -0.493 e. The number of benzene rings is 1. The Balaban J connectivity index is 1.94. The Morgan fingerprint density at radius 2 is 2.08 bits per heavy atom. The topological polar surface area (TPSA) is 76.1 Å². The van der Waals surface area contributed by atoms with Gasteiger partial charge in [-0.15, -0.1) is 0 Å². The van der Waals surface area contributed by atoms with E-state index in [0.29, 0.717) is 24.5 Å². The number of aliphatic carboxylic acids is 1. The fourth-order valence-corrected chi connectivity index (χ4v) is 3.42. The number of ketones is 1. The SMILES string of the molecule is COc1ccc([C@@H](CC(=O)O)N2C=C3C=CCC(=O)C3C2)cc1OC. The third-order valence-electron chi connectivity index (χ3n) is 4.69. The van der Waals surface area contributed by atoms with E-state index in [-0.39, 0.29) is 24.2 Å². The van der Waals surface area contributed by atoms with E-state index in [0.717, 1.165) is 11.1 Å². The molecular formula is C19H21NO5. The molecule has 0 saturated carbocycles. The Kier molecular flexibility index (Phi) is 4.79. The summed E-state index contributed by atoms with van der Waals surface area (Å²) < 4.78 is 10.6. The summed E-state index contributed by atoms with van der Waals surface area (Å²) in [6.07, 6.45) is 6.09. The Hall–Kier alpha value is -2.76. The Morgan fingerprint density at radius 1 is 1.32 bits per heavy atom. The number of carboxylic acids is 1. The van der Waals surface area contributed by atoms with E-state index in [9.17, 15) is 14.7 Å². The van der Waals surface area contributed by atoms with Gasteiger partial charge in [0.2, 0.25) is 0 Å². The maximum atomic E-state index is 12.1. The lowest BCUT2D eigenvalue weighted by Gasteiger charge is -2.28. The Morgan fingerprint density at radius 3 is 2.72 bits per heavy atom. The molecule has 2 aliphatic rings. The van der Waals surface area contributed by atoms with Gasteiger partial charge in [0.25, 0.3) is 0 Å². The highest BCUT2D eigenvalue weighted by atomic mass is 16.5. The van der Waals surface area contributed by atoms with Crippen LogP contribution in [0.2, 0.25) is 0 Å². The first kappa shape index (κ1) is 17.1. The smallest absolute Gasteiger partial charge is 0.305 e. The number of ether oxygens (including phenoxy) is 2. The molecule has 1 aromatic carbocycles. The zero-order chi connectivity index (χ0) is 18.0. The van der Waals surface area contributed by atoms with Crippen molar-refractivity contribution >= 4 is 11.8 Å². The lowest BCUT2D eigenvalue weighted by Crippen LogP contribution is -2.29. The second-order valence-electron chi connectivity index (χ2n) is 6.18. The summed E-state index contributed by atoms with van der Waals surface area (Å²) >= 11 is 0. The fraction of sp³-hybridized carbons (Fsp3) is 0.368. The summed E-state index contributed by atoms with van der Waals surface area (Å²) in [5, 5.41) is 9.36. The molecule has 1 N–H and O–H groups in total. The second-order valence-corrected chi connectivity index (χ2v) is 6.18. The highest BCUT2D eigenvalue weighted by Gasteiger charge is 2.34. The number of nitrogens with zero attached hydrogens (tertiary/aromatic N) is 1. The van der Waals surface area contributed by atoms with Crippen LogP contribution < -0.4 is 9.47 Å². The number of carbonyl (C=O) groups is 2. The molecule has 0 aromatic heterocycles. The maximum Gasteiger partial charge on any atom is 0.305 e. The van der Waals surface area contributed by atoms with E-state index >= 15 is 0 Å². The van der Waals surface area contributed by atoms with Crippen molar-refractivity contribution in [1.82, 2.24) is 4.90 Å². The molecule has 2 atom stereocenters. The van der Waals surface area contributed by atoms with E-state index < -0.39 is 5.97 Å². The molecule has 1 heterocycles. The molecule has 0 radical (unpaired) electrons. The molecule has 1 aromatic rings. The summed E-state index contributed by atoms with van der Waals surface area (Å²) in [6.45, 7) is 0.505. The summed E-state index contributed by atoms with van der Waals surface area (Å²) in [6, 6.07) is 5.03. The zero-order valence-electron chi connectivity index (χ0n) is 14.3. The monoisotopic (exact) mass is 343 g/mol. The molecule has 0 bridgehead atoms. The molecule has 0 saturated heterocycles. The molecule has 0 fully saturated rings. The quantitative estimate of drug-likeness (QED) is 0.855. The van der Waals surface area contributed by atoms with Crippen molar-refractivity contribution in [2.45, 2.75) is 18.9 Å².